The van der Waals surface area contributed by atoms with Gasteiger partial charge in [-0.05, 0) is 13.0 Å². The van der Waals surface area contributed by atoms with Gasteiger partial charge in [-0.1, -0.05) is 0 Å². The minimum absolute atomic E-state index is 0.149. The molecule has 0 amide bonds. The molecule has 1 heterocycles. The first-order valence-corrected chi connectivity index (χ1v) is 6.45. The summed E-state index contributed by atoms with van der Waals surface area (Å²) in [6, 6.07) is 3.82. The Kier molecular flexibility index (Phi) is 4.55. The van der Waals surface area contributed by atoms with Gasteiger partial charge in [0, 0.05) is 53.8 Å². The molecule has 0 saturated carbocycles. The molecule has 0 radical (unpaired) electrons. The lowest BCUT2D eigenvalue weighted by molar-refractivity contribution is 0.679. The van der Waals surface area contributed by atoms with E-state index in [0.29, 0.717) is 6.54 Å². The Hall–Kier alpha value is -1.10. The lowest BCUT2D eigenvalue weighted by atomic mass is 10.3. The van der Waals surface area contributed by atoms with Gasteiger partial charge in [-0.2, -0.15) is 0 Å². The first-order valence-electron chi connectivity index (χ1n) is 4.83. The summed E-state index contributed by atoms with van der Waals surface area (Å²) < 4.78 is 11.1. The topological polar surface area (TPSA) is 54.0 Å². The molecule has 4 nitrogen and oxygen atoms in total. The van der Waals surface area contributed by atoms with Crippen molar-refractivity contribution in [3.63, 3.8) is 0 Å². The minimum atomic E-state index is -0.785. The summed E-state index contributed by atoms with van der Waals surface area (Å²) in [5.74, 6) is 0.824. The van der Waals surface area contributed by atoms with E-state index in [2.05, 4.69) is 15.6 Å². The summed E-state index contributed by atoms with van der Waals surface area (Å²) >= 11 is 0. The molecule has 1 aromatic rings. The van der Waals surface area contributed by atoms with E-state index in [1.165, 1.54) is 0 Å². The maximum atomic E-state index is 11.1. The molecule has 0 fully saturated rings. The predicted octanol–water partition coefficient (Wildman–Crippen LogP) is 1.30. The SMILES string of the molecule is CNc1cc(NCC(C)S(C)=O)ccn1. The third-order valence-corrected chi connectivity index (χ3v) is 3.48. The molecule has 0 saturated heterocycles. The second kappa shape index (κ2) is 5.70. The molecule has 84 valence electrons. The molecular formula is C10H17N3OS. The number of rotatable bonds is 5. The fraction of sp³-hybridized carbons (Fsp3) is 0.500. The normalized spacial score (nSPS) is 14.3. The second-order valence-electron chi connectivity index (χ2n) is 3.37. The largest absolute Gasteiger partial charge is 0.384 e. The zero-order valence-corrected chi connectivity index (χ0v) is 10.1. The summed E-state index contributed by atoms with van der Waals surface area (Å²) in [7, 11) is 1.04. The van der Waals surface area contributed by atoms with Crippen molar-refractivity contribution in [2.75, 3.05) is 30.5 Å². The summed E-state index contributed by atoms with van der Waals surface area (Å²) in [5, 5.41) is 6.34. The van der Waals surface area contributed by atoms with Gasteiger partial charge in [-0.15, -0.1) is 0 Å². The average molecular weight is 227 g/mol. The van der Waals surface area contributed by atoms with Crippen LogP contribution in [0.15, 0.2) is 18.3 Å². The lowest BCUT2D eigenvalue weighted by Gasteiger charge is -2.11. The number of anilines is 2. The molecule has 2 N–H and O–H groups in total. The fourth-order valence-corrected chi connectivity index (χ4v) is 1.37. The van der Waals surface area contributed by atoms with Gasteiger partial charge >= 0.3 is 0 Å². The molecule has 2 unspecified atom stereocenters. The van der Waals surface area contributed by atoms with E-state index in [1.807, 2.05) is 26.1 Å². The standard InChI is InChI=1S/C10H17N3OS/c1-8(15(3)14)7-13-9-4-5-12-10(6-9)11-2/h4-6,8H,7H2,1-3H3,(H2,11,12,13). The van der Waals surface area contributed by atoms with Crippen molar-refractivity contribution in [1.29, 1.82) is 0 Å². The predicted molar refractivity (Wildman–Crippen MR) is 65.8 cm³/mol. The molecule has 0 aliphatic carbocycles. The number of nitrogens with one attached hydrogen (secondary N) is 2. The van der Waals surface area contributed by atoms with E-state index < -0.39 is 10.8 Å². The maximum absolute atomic E-state index is 11.1. The van der Waals surface area contributed by atoms with Crippen molar-refractivity contribution in [2.45, 2.75) is 12.2 Å². The molecule has 5 heteroatoms. The summed E-state index contributed by atoms with van der Waals surface area (Å²) in [6.45, 7) is 2.67. The van der Waals surface area contributed by atoms with Crippen molar-refractivity contribution < 1.29 is 4.21 Å². The quantitative estimate of drug-likeness (QED) is 0.796. The average Bonchev–Trinajstić information content (AvgIpc) is 2.26. The summed E-state index contributed by atoms with van der Waals surface area (Å²) in [4.78, 5) is 4.11. The van der Waals surface area contributed by atoms with E-state index in [-0.39, 0.29) is 5.25 Å². The third kappa shape index (κ3) is 3.87. The van der Waals surface area contributed by atoms with Crippen molar-refractivity contribution in [1.82, 2.24) is 4.98 Å². The number of hydrogen-bond acceptors (Lipinski definition) is 4. The first-order chi connectivity index (χ1) is 7.13. The number of hydrogen-bond donors (Lipinski definition) is 2. The Morgan fingerprint density at radius 2 is 2.33 bits per heavy atom. The van der Waals surface area contributed by atoms with Crippen LogP contribution >= 0.6 is 0 Å². The van der Waals surface area contributed by atoms with Gasteiger partial charge in [0.05, 0.1) is 0 Å². The lowest BCUT2D eigenvalue weighted by Crippen LogP contribution is -2.20. The van der Waals surface area contributed by atoms with Crippen LogP contribution in [0.3, 0.4) is 0 Å². The first kappa shape index (κ1) is 12.0. The van der Waals surface area contributed by atoms with E-state index in [9.17, 15) is 4.21 Å². The van der Waals surface area contributed by atoms with Crippen LogP contribution in [0.2, 0.25) is 0 Å². The Labute approximate surface area is 92.9 Å². The van der Waals surface area contributed by atoms with Crippen LogP contribution in [0, 0.1) is 0 Å². The van der Waals surface area contributed by atoms with Gasteiger partial charge in [0.15, 0.2) is 0 Å². The third-order valence-electron chi connectivity index (χ3n) is 2.18. The number of aromatic nitrogens is 1. The number of pyridine rings is 1. The molecule has 1 rings (SSSR count). The van der Waals surface area contributed by atoms with Crippen molar-refractivity contribution in [3.8, 4) is 0 Å². The van der Waals surface area contributed by atoms with Crippen LogP contribution in [-0.4, -0.2) is 34.3 Å². The van der Waals surface area contributed by atoms with Gasteiger partial charge in [0.2, 0.25) is 0 Å². The molecule has 2 atom stereocenters. The Balaban J connectivity index is 2.53. The highest BCUT2D eigenvalue weighted by molar-refractivity contribution is 7.84. The fourth-order valence-electron chi connectivity index (χ4n) is 1.06. The molecule has 0 aliphatic heterocycles. The maximum Gasteiger partial charge on any atom is 0.127 e. The molecular weight excluding hydrogens is 210 g/mol. The highest BCUT2D eigenvalue weighted by Crippen LogP contribution is 2.11. The van der Waals surface area contributed by atoms with Crippen molar-refractivity contribution >= 4 is 22.3 Å². The number of nitrogens with zero attached hydrogens (tertiary/aromatic N) is 1. The Bertz CT molecular complexity index is 343. The molecule has 15 heavy (non-hydrogen) atoms. The van der Waals surface area contributed by atoms with Gasteiger partial charge in [0.25, 0.3) is 0 Å². The van der Waals surface area contributed by atoms with E-state index >= 15 is 0 Å². The van der Waals surface area contributed by atoms with Crippen molar-refractivity contribution in [2.24, 2.45) is 0 Å². The molecule has 0 spiro atoms. The van der Waals surface area contributed by atoms with Crippen LogP contribution in [0.25, 0.3) is 0 Å². The monoisotopic (exact) mass is 227 g/mol. The zero-order valence-electron chi connectivity index (χ0n) is 9.28. The van der Waals surface area contributed by atoms with Gasteiger partial charge < -0.3 is 10.6 Å². The highest BCUT2D eigenvalue weighted by atomic mass is 32.2. The van der Waals surface area contributed by atoms with Crippen LogP contribution in [0.5, 0.6) is 0 Å². The smallest absolute Gasteiger partial charge is 0.127 e. The Morgan fingerprint density at radius 3 is 2.93 bits per heavy atom. The molecule has 0 aromatic carbocycles. The van der Waals surface area contributed by atoms with Crippen LogP contribution in [0.4, 0.5) is 11.5 Å². The second-order valence-corrected chi connectivity index (χ2v) is 5.17. The highest BCUT2D eigenvalue weighted by Gasteiger charge is 2.05. The molecule has 1 aromatic heterocycles. The van der Waals surface area contributed by atoms with E-state index in [4.69, 9.17) is 0 Å². The Morgan fingerprint density at radius 1 is 1.60 bits per heavy atom. The summed E-state index contributed by atoms with van der Waals surface area (Å²) in [5.41, 5.74) is 0.992. The van der Waals surface area contributed by atoms with Crippen LogP contribution < -0.4 is 10.6 Å². The summed E-state index contributed by atoms with van der Waals surface area (Å²) in [6.07, 6.45) is 3.46. The van der Waals surface area contributed by atoms with Gasteiger partial charge in [-0.3, -0.25) is 4.21 Å². The van der Waals surface area contributed by atoms with Crippen LogP contribution in [0.1, 0.15) is 6.92 Å². The van der Waals surface area contributed by atoms with Gasteiger partial charge in [0.1, 0.15) is 5.82 Å². The molecule has 0 bridgehead atoms. The van der Waals surface area contributed by atoms with Crippen molar-refractivity contribution in [3.05, 3.63) is 18.3 Å². The molecule has 0 aliphatic rings. The zero-order chi connectivity index (χ0) is 11.3. The minimum Gasteiger partial charge on any atom is -0.384 e. The van der Waals surface area contributed by atoms with E-state index in [0.717, 1.165) is 11.5 Å². The van der Waals surface area contributed by atoms with E-state index in [1.54, 1.807) is 12.5 Å². The van der Waals surface area contributed by atoms with Gasteiger partial charge in [-0.25, -0.2) is 4.98 Å². The van der Waals surface area contributed by atoms with Crippen LogP contribution in [-0.2, 0) is 10.8 Å².